The van der Waals surface area contributed by atoms with Gasteiger partial charge in [0.1, 0.15) is 5.76 Å². The summed E-state index contributed by atoms with van der Waals surface area (Å²) in [5.74, 6) is -1.92. The van der Waals surface area contributed by atoms with Crippen LogP contribution < -0.4 is 0 Å². The number of likely N-dealkylation sites (N-methyl/N-ethyl adjacent to an activating group) is 1. The number of nitro groups is 1. The molecule has 1 aliphatic heterocycles. The Labute approximate surface area is 174 Å². The van der Waals surface area contributed by atoms with Crippen LogP contribution in [0.25, 0.3) is 5.76 Å². The molecule has 8 nitrogen and oxygen atoms in total. The van der Waals surface area contributed by atoms with E-state index in [4.69, 9.17) is 0 Å². The van der Waals surface area contributed by atoms with Gasteiger partial charge in [0.25, 0.3) is 17.4 Å². The van der Waals surface area contributed by atoms with E-state index in [9.17, 15) is 24.8 Å². The molecule has 1 amide bonds. The Morgan fingerprint density at radius 2 is 1.87 bits per heavy atom. The zero-order valence-electron chi connectivity index (χ0n) is 17.0. The van der Waals surface area contributed by atoms with Crippen LogP contribution in [0.15, 0.2) is 54.1 Å². The maximum absolute atomic E-state index is 12.9. The van der Waals surface area contributed by atoms with Gasteiger partial charge in [0.05, 0.1) is 16.5 Å². The number of ketones is 1. The van der Waals surface area contributed by atoms with Crippen molar-refractivity contribution in [2.45, 2.75) is 13.0 Å². The number of benzene rings is 2. The molecule has 1 saturated heterocycles. The Morgan fingerprint density at radius 1 is 1.17 bits per heavy atom. The van der Waals surface area contributed by atoms with Crippen LogP contribution in [0.1, 0.15) is 22.7 Å². The van der Waals surface area contributed by atoms with Crippen LogP contribution >= 0.6 is 0 Å². The number of nitrogens with zero attached hydrogens (tertiary/aromatic N) is 3. The molecular weight excluding hydrogens is 386 g/mol. The van der Waals surface area contributed by atoms with Gasteiger partial charge in [-0.15, -0.1) is 0 Å². The van der Waals surface area contributed by atoms with Crippen molar-refractivity contribution >= 4 is 23.1 Å². The molecule has 1 atom stereocenters. The quantitative estimate of drug-likeness (QED) is 0.259. The summed E-state index contributed by atoms with van der Waals surface area (Å²) in [5, 5.41) is 22.1. The molecule has 0 aromatic heterocycles. The summed E-state index contributed by atoms with van der Waals surface area (Å²) in [6.45, 7) is 2.73. The lowest BCUT2D eigenvalue weighted by Gasteiger charge is -2.26. The van der Waals surface area contributed by atoms with E-state index in [0.29, 0.717) is 18.7 Å². The first-order valence-electron chi connectivity index (χ1n) is 9.45. The summed E-state index contributed by atoms with van der Waals surface area (Å²) in [6, 6.07) is 12.0. The first kappa shape index (κ1) is 21.2. The van der Waals surface area contributed by atoms with Crippen LogP contribution in [0.3, 0.4) is 0 Å². The predicted octanol–water partition coefficient (Wildman–Crippen LogP) is 2.89. The fraction of sp³-hybridized carbons (Fsp3) is 0.273. The van der Waals surface area contributed by atoms with Gasteiger partial charge in [-0.3, -0.25) is 19.7 Å². The van der Waals surface area contributed by atoms with Gasteiger partial charge >= 0.3 is 0 Å². The summed E-state index contributed by atoms with van der Waals surface area (Å²) < 4.78 is 0. The molecular formula is C22H23N3O5. The number of aliphatic hydroxyl groups excluding tert-OH is 1. The minimum Gasteiger partial charge on any atom is -0.507 e. The number of hydrogen-bond acceptors (Lipinski definition) is 6. The van der Waals surface area contributed by atoms with Gasteiger partial charge in [-0.2, -0.15) is 0 Å². The topological polar surface area (TPSA) is 104 Å². The number of Topliss-reactive ketones (excluding diaryl/α,β-unsaturated/α-hetero) is 1. The predicted molar refractivity (Wildman–Crippen MR) is 112 cm³/mol. The number of nitro benzene ring substituents is 1. The second-order valence-electron chi connectivity index (χ2n) is 7.52. The van der Waals surface area contributed by atoms with Crippen LogP contribution in [-0.4, -0.2) is 58.7 Å². The Hall–Kier alpha value is -3.52. The first-order valence-corrected chi connectivity index (χ1v) is 9.45. The lowest BCUT2D eigenvalue weighted by Crippen LogP contribution is -2.35. The fourth-order valence-electron chi connectivity index (χ4n) is 3.53. The highest BCUT2D eigenvalue weighted by Crippen LogP contribution is 2.39. The van der Waals surface area contributed by atoms with Crippen LogP contribution in [0.2, 0.25) is 0 Å². The lowest BCUT2D eigenvalue weighted by molar-refractivity contribution is -0.384. The number of aryl methyl sites for hydroxylation is 1. The lowest BCUT2D eigenvalue weighted by atomic mass is 9.94. The second kappa shape index (κ2) is 8.46. The highest BCUT2D eigenvalue weighted by Gasteiger charge is 2.45. The zero-order chi connectivity index (χ0) is 22.0. The molecule has 8 heteroatoms. The van der Waals surface area contributed by atoms with Crippen LogP contribution in [0.4, 0.5) is 5.69 Å². The molecule has 0 saturated carbocycles. The maximum Gasteiger partial charge on any atom is 0.295 e. The minimum absolute atomic E-state index is 0.0649. The summed E-state index contributed by atoms with van der Waals surface area (Å²) in [7, 11) is 3.72. The molecule has 2 aromatic carbocycles. The SMILES string of the molecule is Cc1cccc(C2/C(=C(/O)c3cccc([N+](=O)[O-])c3)C(=O)C(=O)N2CCN(C)C)c1. The van der Waals surface area contributed by atoms with Gasteiger partial charge in [0.15, 0.2) is 0 Å². The Morgan fingerprint density at radius 3 is 2.50 bits per heavy atom. The summed E-state index contributed by atoms with van der Waals surface area (Å²) in [5.41, 5.74) is 1.48. The van der Waals surface area contributed by atoms with E-state index in [1.54, 1.807) is 6.07 Å². The van der Waals surface area contributed by atoms with Gasteiger partial charge in [0, 0.05) is 30.8 Å². The fourth-order valence-corrected chi connectivity index (χ4v) is 3.53. The molecule has 0 bridgehead atoms. The number of carbonyl (C=O) groups excluding carboxylic acids is 2. The average molecular weight is 409 g/mol. The van der Waals surface area contributed by atoms with E-state index in [0.717, 1.165) is 5.56 Å². The Bertz CT molecular complexity index is 1040. The smallest absolute Gasteiger partial charge is 0.295 e. The van der Waals surface area contributed by atoms with E-state index in [-0.39, 0.29) is 16.8 Å². The molecule has 2 aromatic rings. The van der Waals surface area contributed by atoms with E-state index >= 15 is 0 Å². The normalized spacial score (nSPS) is 18.3. The van der Waals surface area contributed by atoms with E-state index in [2.05, 4.69) is 0 Å². The van der Waals surface area contributed by atoms with Crippen molar-refractivity contribution in [3.8, 4) is 0 Å². The van der Waals surface area contributed by atoms with Gasteiger partial charge in [-0.1, -0.05) is 42.0 Å². The number of aliphatic hydroxyl groups is 1. The van der Waals surface area contributed by atoms with E-state index < -0.39 is 28.4 Å². The number of amides is 1. The summed E-state index contributed by atoms with van der Waals surface area (Å²) in [4.78, 5) is 39.6. The minimum atomic E-state index is -0.802. The third-order valence-electron chi connectivity index (χ3n) is 5.02. The third-order valence-corrected chi connectivity index (χ3v) is 5.02. The van der Waals surface area contributed by atoms with Crippen LogP contribution in [0.5, 0.6) is 0 Å². The molecule has 30 heavy (non-hydrogen) atoms. The number of hydrogen-bond donors (Lipinski definition) is 1. The Balaban J connectivity index is 2.17. The number of non-ortho nitro benzene ring substituents is 1. The van der Waals surface area contributed by atoms with Gasteiger partial charge < -0.3 is 14.9 Å². The molecule has 1 N–H and O–H groups in total. The van der Waals surface area contributed by atoms with Crippen LogP contribution in [-0.2, 0) is 9.59 Å². The van der Waals surface area contributed by atoms with Crippen molar-refractivity contribution < 1.29 is 19.6 Å². The summed E-state index contributed by atoms with van der Waals surface area (Å²) >= 11 is 0. The number of likely N-dealkylation sites (tertiary alicyclic amines) is 1. The second-order valence-corrected chi connectivity index (χ2v) is 7.52. The zero-order valence-corrected chi connectivity index (χ0v) is 17.0. The first-order chi connectivity index (χ1) is 14.2. The monoisotopic (exact) mass is 409 g/mol. The molecule has 0 aliphatic carbocycles. The Kier molecular flexibility index (Phi) is 5.98. The highest BCUT2D eigenvalue weighted by atomic mass is 16.6. The number of rotatable bonds is 6. The van der Waals surface area contributed by atoms with Gasteiger partial charge in [-0.05, 0) is 26.6 Å². The molecule has 1 heterocycles. The van der Waals surface area contributed by atoms with Crippen molar-refractivity contribution in [3.05, 3.63) is 80.9 Å². The third kappa shape index (κ3) is 4.08. The van der Waals surface area contributed by atoms with Crippen molar-refractivity contribution in [3.63, 3.8) is 0 Å². The highest BCUT2D eigenvalue weighted by molar-refractivity contribution is 6.46. The van der Waals surface area contributed by atoms with Gasteiger partial charge in [-0.25, -0.2) is 0 Å². The number of carbonyl (C=O) groups is 2. The molecule has 1 unspecified atom stereocenters. The van der Waals surface area contributed by atoms with Gasteiger partial charge in [0.2, 0.25) is 0 Å². The van der Waals surface area contributed by atoms with Crippen molar-refractivity contribution in [2.75, 3.05) is 27.2 Å². The molecule has 1 aliphatic rings. The van der Waals surface area contributed by atoms with E-state index in [1.165, 1.54) is 29.2 Å². The summed E-state index contributed by atoms with van der Waals surface area (Å²) in [6.07, 6.45) is 0. The maximum atomic E-state index is 12.9. The molecule has 0 spiro atoms. The van der Waals surface area contributed by atoms with Crippen molar-refractivity contribution in [1.29, 1.82) is 0 Å². The van der Waals surface area contributed by atoms with Crippen LogP contribution in [0, 0.1) is 17.0 Å². The standard InChI is InChI=1S/C22H23N3O5/c1-14-6-4-7-15(12-14)19-18(21(27)22(28)24(19)11-10-23(2)3)20(26)16-8-5-9-17(13-16)25(29)30/h4-9,12-13,19,26H,10-11H2,1-3H3/b20-18-. The molecule has 156 valence electrons. The molecule has 3 rings (SSSR count). The van der Waals surface area contributed by atoms with E-state index in [1.807, 2.05) is 44.1 Å². The largest absolute Gasteiger partial charge is 0.507 e. The average Bonchev–Trinajstić information content (AvgIpc) is 2.96. The van der Waals surface area contributed by atoms with Crippen molar-refractivity contribution in [2.24, 2.45) is 0 Å². The van der Waals surface area contributed by atoms with Crippen molar-refractivity contribution in [1.82, 2.24) is 9.80 Å². The molecule has 1 fully saturated rings. The molecule has 0 radical (unpaired) electrons.